The van der Waals surface area contributed by atoms with Gasteiger partial charge in [-0.25, -0.2) is 16.8 Å². The lowest BCUT2D eigenvalue weighted by Crippen LogP contribution is -2.15. The fraction of sp³-hybridized carbons (Fsp3) is 0.148. The molecule has 4 rings (SSSR count). The smallest absolute Gasteiger partial charge is 0.261 e. The van der Waals surface area contributed by atoms with Crippen LogP contribution in [0.3, 0.4) is 0 Å². The van der Waals surface area contributed by atoms with Gasteiger partial charge in [-0.2, -0.15) is 0 Å². The Morgan fingerprint density at radius 3 is 2.17 bits per heavy atom. The Labute approximate surface area is 212 Å². The number of hydrogen-bond donors (Lipinski definition) is 2. The van der Waals surface area contributed by atoms with Crippen molar-refractivity contribution in [1.29, 1.82) is 0 Å². The number of hydrogen-bond acceptors (Lipinski definition) is 5. The summed E-state index contributed by atoms with van der Waals surface area (Å²) in [5.41, 5.74) is 2.55. The molecule has 0 saturated carbocycles. The lowest BCUT2D eigenvalue weighted by atomic mass is 10.0. The molecule has 0 saturated heterocycles. The minimum absolute atomic E-state index is 0.153. The van der Waals surface area contributed by atoms with Crippen LogP contribution in [0.4, 0.5) is 17.1 Å². The number of sulfonamides is 2. The van der Waals surface area contributed by atoms with Gasteiger partial charge >= 0.3 is 0 Å². The first-order valence-corrected chi connectivity index (χ1v) is 14.3. The number of nitrogens with zero attached hydrogens (tertiary/aromatic N) is 1. The Hall–Kier alpha value is -3.69. The zero-order valence-corrected chi connectivity index (χ0v) is 21.6. The number of aliphatic imine (C=N–C) groups is 1. The van der Waals surface area contributed by atoms with Crippen LogP contribution in [0.2, 0.25) is 0 Å². The lowest BCUT2D eigenvalue weighted by molar-refractivity contribution is 0.600. The molecule has 1 atom stereocenters. The average Bonchev–Trinajstić information content (AvgIpc) is 2.84. The maximum atomic E-state index is 12.9. The van der Waals surface area contributed by atoms with Crippen molar-refractivity contribution in [3.8, 4) is 0 Å². The van der Waals surface area contributed by atoms with Gasteiger partial charge in [0.25, 0.3) is 20.0 Å². The molecule has 7 nitrogen and oxygen atoms in total. The number of nitrogens with one attached hydrogen (secondary N) is 2. The molecule has 0 spiro atoms. The molecule has 1 unspecified atom stereocenters. The van der Waals surface area contributed by atoms with Gasteiger partial charge in [0.2, 0.25) is 0 Å². The number of allylic oxidation sites excluding steroid dienone is 3. The van der Waals surface area contributed by atoms with Crippen LogP contribution in [0.25, 0.3) is 0 Å². The second kappa shape index (κ2) is 10.5. The topological polar surface area (TPSA) is 105 Å². The SMILES string of the molecule is Cc1ccc(S(=O)(=O)Nc2ccccc2C=Nc2ccccc2NS(=O)(=O)C2=CCC(C)C=C2)cc1. The van der Waals surface area contributed by atoms with E-state index in [1.54, 1.807) is 84.9 Å². The minimum atomic E-state index is -3.80. The normalized spacial score (nSPS) is 16.1. The van der Waals surface area contributed by atoms with Gasteiger partial charge in [-0.05, 0) is 55.7 Å². The largest absolute Gasteiger partial charge is 0.279 e. The molecular formula is C27H27N3O4S2. The monoisotopic (exact) mass is 521 g/mol. The van der Waals surface area contributed by atoms with E-state index in [4.69, 9.17) is 0 Å². The van der Waals surface area contributed by atoms with Crippen molar-refractivity contribution >= 4 is 43.3 Å². The van der Waals surface area contributed by atoms with E-state index in [2.05, 4.69) is 14.4 Å². The second-order valence-electron chi connectivity index (χ2n) is 8.57. The highest BCUT2D eigenvalue weighted by atomic mass is 32.2. The summed E-state index contributed by atoms with van der Waals surface area (Å²) in [4.78, 5) is 4.84. The second-order valence-corrected chi connectivity index (χ2v) is 11.9. The standard InChI is InChI=1S/C27H27N3O4S2/c1-20-11-15-23(16-12-20)35(31,32)29-25-8-4-3-7-22(25)19-28-26-9-5-6-10-27(26)30-36(33,34)24-17-13-21(2)14-18-24/h3-13,15-19,21,29-30H,14H2,1-2H3. The molecule has 1 aliphatic rings. The van der Waals surface area contributed by atoms with E-state index in [1.807, 2.05) is 19.9 Å². The molecular weight excluding hydrogens is 494 g/mol. The fourth-order valence-corrected chi connectivity index (χ4v) is 5.79. The Kier molecular flexibility index (Phi) is 7.42. The summed E-state index contributed by atoms with van der Waals surface area (Å²) >= 11 is 0. The van der Waals surface area contributed by atoms with Crippen molar-refractivity contribution in [2.75, 3.05) is 9.44 Å². The maximum absolute atomic E-state index is 12.9. The predicted octanol–water partition coefficient (Wildman–Crippen LogP) is 5.77. The van der Waals surface area contributed by atoms with Crippen LogP contribution in [0.1, 0.15) is 24.5 Å². The number of benzene rings is 3. The Bertz CT molecular complexity index is 1560. The van der Waals surface area contributed by atoms with Gasteiger partial charge in [-0.3, -0.25) is 14.4 Å². The van der Waals surface area contributed by atoms with Crippen molar-refractivity contribution in [2.24, 2.45) is 10.9 Å². The van der Waals surface area contributed by atoms with E-state index in [1.165, 1.54) is 6.21 Å². The molecule has 3 aromatic rings. The van der Waals surface area contributed by atoms with Gasteiger partial charge in [-0.15, -0.1) is 0 Å². The highest BCUT2D eigenvalue weighted by Gasteiger charge is 2.19. The summed E-state index contributed by atoms with van der Waals surface area (Å²) < 4.78 is 56.8. The van der Waals surface area contributed by atoms with Gasteiger partial charge < -0.3 is 0 Å². The fourth-order valence-electron chi connectivity index (χ4n) is 3.55. The molecule has 0 fully saturated rings. The zero-order valence-electron chi connectivity index (χ0n) is 19.9. The summed E-state index contributed by atoms with van der Waals surface area (Å²) in [6.07, 6.45) is 7.34. The summed E-state index contributed by atoms with van der Waals surface area (Å²) in [5.74, 6) is 0.296. The third-order valence-corrected chi connectivity index (χ3v) is 8.41. The van der Waals surface area contributed by atoms with Crippen LogP contribution in [0.15, 0.2) is 106 Å². The molecule has 0 aromatic heterocycles. The van der Waals surface area contributed by atoms with Gasteiger partial charge in [0.05, 0.1) is 26.9 Å². The van der Waals surface area contributed by atoms with Crippen molar-refractivity contribution in [1.82, 2.24) is 0 Å². The maximum Gasteiger partial charge on any atom is 0.261 e. The highest BCUT2D eigenvalue weighted by molar-refractivity contribution is 7.96. The number of rotatable bonds is 8. The van der Waals surface area contributed by atoms with Crippen molar-refractivity contribution < 1.29 is 16.8 Å². The third kappa shape index (κ3) is 6.10. The first kappa shape index (κ1) is 25.4. The summed E-state index contributed by atoms with van der Waals surface area (Å²) in [7, 11) is -7.57. The van der Waals surface area contributed by atoms with Gasteiger partial charge in [0.15, 0.2) is 0 Å². The van der Waals surface area contributed by atoms with Crippen LogP contribution in [-0.2, 0) is 20.0 Å². The molecule has 1 aliphatic carbocycles. The van der Waals surface area contributed by atoms with Crippen molar-refractivity contribution in [2.45, 2.75) is 25.2 Å². The average molecular weight is 522 g/mol. The summed E-state index contributed by atoms with van der Waals surface area (Å²) in [5, 5.41) is 0. The van der Waals surface area contributed by atoms with Gasteiger partial charge in [0.1, 0.15) is 0 Å². The van der Waals surface area contributed by atoms with Crippen LogP contribution in [-0.4, -0.2) is 23.1 Å². The van der Waals surface area contributed by atoms with Crippen molar-refractivity contribution in [3.05, 3.63) is 107 Å². The quantitative estimate of drug-likeness (QED) is 0.367. The van der Waals surface area contributed by atoms with E-state index in [-0.39, 0.29) is 9.80 Å². The van der Waals surface area contributed by atoms with Crippen molar-refractivity contribution in [3.63, 3.8) is 0 Å². The van der Waals surface area contributed by atoms with Gasteiger partial charge in [0, 0.05) is 11.8 Å². The Morgan fingerprint density at radius 1 is 0.833 bits per heavy atom. The van der Waals surface area contributed by atoms with E-state index < -0.39 is 20.0 Å². The summed E-state index contributed by atoms with van der Waals surface area (Å²) in [6, 6.07) is 20.2. The molecule has 186 valence electrons. The molecule has 9 heteroatoms. The first-order valence-electron chi connectivity index (χ1n) is 11.4. The first-order chi connectivity index (χ1) is 17.1. The molecule has 0 radical (unpaired) electrons. The molecule has 0 bridgehead atoms. The summed E-state index contributed by atoms with van der Waals surface area (Å²) in [6.45, 7) is 3.91. The zero-order chi connectivity index (χ0) is 25.8. The Morgan fingerprint density at radius 2 is 1.47 bits per heavy atom. The molecule has 0 heterocycles. The molecule has 0 aliphatic heterocycles. The predicted molar refractivity (Wildman–Crippen MR) is 146 cm³/mol. The molecule has 3 aromatic carbocycles. The highest BCUT2D eigenvalue weighted by Crippen LogP contribution is 2.29. The van der Waals surface area contributed by atoms with Crippen LogP contribution < -0.4 is 9.44 Å². The number of anilines is 2. The molecule has 0 amide bonds. The lowest BCUT2D eigenvalue weighted by Gasteiger charge is -2.15. The van der Waals surface area contributed by atoms with Gasteiger partial charge in [-0.1, -0.05) is 67.1 Å². The van der Waals surface area contributed by atoms with Crippen LogP contribution >= 0.6 is 0 Å². The van der Waals surface area contributed by atoms with Crippen LogP contribution in [0, 0.1) is 12.8 Å². The minimum Gasteiger partial charge on any atom is -0.279 e. The third-order valence-electron chi connectivity index (χ3n) is 5.62. The number of para-hydroxylation sites is 3. The van der Waals surface area contributed by atoms with E-state index in [0.717, 1.165) is 5.56 Å². The van der Waals surface area contributed by atoms with E-state index >= 15 is 0 Å². The molecule has 2 N–H and O–H groups in total. The molecule has 36 heavy (non-hydrogen) atoms. The van der Waals surface area contributed by atoms with E-state index in [9.17, 15) is 16.8 Å². The van der Waals surface area contributed by atoms with E-state index in [0.29, 0.717) is 35.0 Å². The Balaban J connectivity index is 1.59. The number of aryl methyl sites for hydroxylation is 1. The van der Waals surface area contributed by atoms with Crippen LogP contribution in [0.5, 0.6) is 0 Å².